The molecule has 0 radical (unpaired) electrons. The SMILES string of the molecule is CCOP(=O)(OCC)[C@H](CCCc1ccc(Oc2ccccc2)cc1)S(=O)(=O)[O-].[K+]. The molecule has 0 heterocycles. The van der Waals surface area contributed by atoms with Gasteiger partial charge in [-0.3, -0.25) is 4.57 Å². The number of ether oxygens (including phenoxy) is 1. The Bertz CT molecular complexity index is 895. The predicted molar refractivity (Wildman–Crippen MR) is 110 cm³/mol. The normalized spacial score (nSPS) is 12.8. The average Bonchev–Trinajstić information content (AvgIpc) is 2.66. The van der Waals surface area contributed by atoms with Gasteiger partial charge in [-0.05, 0) is 62.9 Å². The van der Waals surface area contributed by atoms with E-state index in [0.29, 0.717) is 18.6 Å². The zero-order valence-corrected chi connectivity index (χ0v) is 22.4. The van der Waals surface area contributed by atoms with Crippen LogP contribution in [0, 0.1) is 0 Å². The van der Waals surface area contributed by atoms with Gasteiger partial charge in [-0.15, -0.1) is 0 Å². The molecular weight excluding hydrogens is 454 g/mol. The summed E-state index contributed by atoms with van der Waals surface area (Å²) in [5, 5.41) is 0. The van der Waals surface area contributed by atoms with E-state index in [-0.39, 0.29) is 71.0 Å². The van der Waals surface area contributed by atoms with Crippen molar-refractivity contribution in [1.82, 2.24) is 0 Å². The second kappa shape index (κ2) is 13.5. The molecule has 0 aromatic heterocycles. The van der Waals surface area contributed by atoms with Gasteiger partial charge >= 0.3 is 59.0 Å². The molecule has 7 nitrogen and oxygen atoms in total. The Morgan fingerprint density at radius 2 is 1.47 bits per heavy atom. The van der Waals surface area contributed by atoms with Crippen molar-refractivity contribution in [3.63, 3.8) is 0 Å². The predicted octanol–water partition coefficient (Wildman–Crippen LogP) is 1.94. The van der Waals surface area contributed by atoms with Crippen molar-refractivity contribution in [1.29, 1.82) is 0 Å². The summed E-state index contributed by atoms with van der Waals surface area (Å²) in [6.07, 6.45) is 0.746. The summed E-state index contributed by atoms with van der Waals surface area (Å²) in [7, 11) is -8.89. The van der Waals surface area contributed by atoms with E-state index in [0.717, 1.165) is 11.3 Å². The average molecular weight is 481 g/mol. The van der Waals surface area contributed by atoms with Gasteiger partial charge in [0.25, 0.3) is 0 Å². The van der Waals surface area contributed by atoms with E-state index in [1.807, 2.05) is 54.6 Å². The van der Waals surface area contributed by atoms with E-state index < -0.39 is 22.7 Å². The van der Waals surface area contributed by atoms with E-state index in [1.165, 1.54) is 0 Å². The number of aryl methyl sites for hydroxylation is 1. The maximum Gasteiger partial charge on any atom is 1.00 e. The fraction of sp³-hybridized carbons (Fsp3) is 0.400. The first-order chi connectivity index (χ1) is 13.8. The van der Waals surface area contributed by atoms with Crippen LogP contribution in [-0.2, 0) is 30.2 Å². The maximum atomic E-state index is 12.8. The summed E-state index contributed by atoms with van der Waals surface area (Å²) in [5.41, 5.74) is 0.940. The van der Waals surface area contributed by atoms with Crippen molar-refractivity contribution >= 4 is 17.7 Å². The Labute approximate surface area is 221 Å². The van der Waals surface area contributed by atoms with E-state index in [4.69, 9.17) is 13.8 Å². The minimum absolute atomic E-state index is 0. The number of hydrogen-bond acceptors (Lipinski definition) is 7. The van der Waals surface area contributed by atoms with Crippen LogP contribution in [-0.4, -0.2) is 31.2 Å². The second-order valence-corrected chi connectivity index (χ2v) is 10.4. The zero-order chi connectivity index (χ0) is 21.3. The molecule has 30 heavy (non-hydrogen) atoms. The van der Waals surface area contributed by atoms with Gasteiger partial charge in [-0.1, -0.05) is 30.3 Å². The number of hydrogen-bond donors (Lipinski definition) is 0. The minimum atomic E-state index is -4.85. The fourth-order valence-electron chi connectivity index (χ4n) is 2.85. The minimum Gasteiger partial charge on any atom is -0.747 e. The van der Waals surface area contributed by atoms with Gasteiger partial charge in [0.15, 0.2) is 4.99 Å². The van der Waals surface area contributed by atoms with Crippen molar-refractivity contribution in [2.24, 2.45) is 0 Å². The summed E-state index contributed by atoms with van der Waals surface area (Å²) >= 11 is 0. The quantitative estimate of drug-likeness (QED) is 0.260. The Morgan fingerprint density at radius 3 is 1.97 bits per heavy atom. The van der Waals surface area contributed by atoms with Crippen molar-refractivity contribution in [2.75, 3.05) is 13.2 Å². The van der Waals surface area contributed by atoms with Gasteiger partial charge < -0.3 is 18.3 Å². The maximum absolute atomic E-state index is 12.8. The summed E-state index contributed by atoms with van der Waals surface area (Å²) in [6, 6.07) is 16.7. The summed E-state index contributed by atoms with van der Waals surface area (Å²) in [4.78, 5) is -1.71. The van der Waals surface area contributed by atoms with Crippen LogP contribution in [0.3, 0.4) is 0 Å². The summed E-state index contributed by atoms with van der Waals surface area (Å²) in [5.74, 6) is 1.41. The zero-order valence-electron chi connectivity index (χ0n) is 17.5. The van der Waals surface area contributed by atoms with E-state index >= 15 is 0 Å². The molecule has 0 aliphatic rings. The number of benzene rings is 2. The van der Waals surface area contributed by atoms with E-state index in [9.17, 15) is 17.5 Å². The molecular formula is C20H26KO7PS. The molecule has 1 atom stereocenters. The van der Waals surface area contributed by atoms with Crippen LogP contribution in [0.2, 0.25) is 0 Å². The smallest absolute Gasteiger partial charge is 0.747 e. The first-order valence-corrected chi connectivity index (χ1v) is 12.5. The van der Waals surface area contributed by atoms with Crippen LogP contribution < -0.4 is 56.1 Å². The van der Waals surface area contributed by atoms with Crippen LogP contribution in [0.15, 0.2) is 54.6 Å². The van der Waals surface area contributed by atoms with Crippen LogP contribution >= 0.6 is 7.60 Å². The summed E-state index contributed by atoms with van der Waals surface area (Å²) < 4.78 is 63.7. The van der Waals surface area contributed by atoms with Crippen LogP contribution in [0.4, 0.5) is 0 Å². The van der Waals surface area contributed by atoms with Crippen molar-refractivity contribution in [2.45, 2.75) is 38.1 Å². The summed E-state index contributed by atoms with van der Waals surface area (Å²) in [6.45, 7) is 3.12. The first-order valence-electron chi connectivity index (χ1n) is 9.44. The molecule has 10 heteroatoms. The Balaban J connectivity index is 0.00000450. The molecule has 0 aliphatic heterocycles. The molecule has 0 saturated carbocycles. The molecule has 0 aliphatic carbocycles. The monoisotopic (exact) mass is 480 g/mol. The van der Waals surface area contributed by atoms with Crippen molar-refractivity contribution < 1.29 is 82.7 Å². The molecule has 0 bridgehead atoms. The molecule has 2 aromatic rings. The van der Waals surface area contributed by atoms with Gasteiger partial charge in [0.05, 0.1) is 13.2 Å². The molecule has 0 spiro atoms. The molecule has 0 fully saturated rings. The Kier molecular flexibility index (Phi) is 12.6. The molecule has 0 saturated heterocycles. The third kappa shape index (κ3) is 8.82. The van der Waals surface area contributed by atoms with Crippen LogP contribution in [0.25, 0.3) is 0 Å². The molecule has 0 N–H and O–H groups in total. The molecule has 0 amide bonds. The van der Waals surface area contributed by atoms with Gasteiger partial charge in [-0.25, -0.2) is 8.42 Å². The Hall–Kier alpha value is -0.0636. The molecule has 2 aromatic carbocycles. The van der Waals surface area contributed by atoms with Gasteiger partial charge in [0.1, 0.15) is 21.6 Å². The van der Waals surface area contributed by atoms with Crippen molar-refractivity contribution in [3.8, 4) is 11.5 Å². The van der Waals surface area contributed by atoms with Crippen LogP contribution in [0.1, 0.15) is 32.3 Å². The number of rotatable bonds is 12. The largest absolute Gasteiger partial charge is 1.00 e. The number of para-hydroxylation sites is 1. The third-order valence-electron chi connectivity index (χ3n) is 4.12. The first kappa shape index (κ1) is 28.0. The third-order valence-corrected chi connectivity index (χ3v) is 8.77. The molecule has 160 valence electrons. The molecule has 2 rings (SSSR count). The fourth-order valence-corrected chi connectivity index (χ4v) is 6.56. The van der Waals surface area contributed by atoms with E-state index in [1.54, 1.807) is 13.8 Å². The van der Waals surface area contributed by atoms with Gasteiger partial charge in [0.2, 0.25) is 0 Å². The topological polar surface area (TPSA) is 102 Å². The standard InChI is InChI=1S/C20H27O7PS.K/c1-3-25-28(21,26-4-2)20(29(22,23)24)12-8-9-17-13-15-19(16-14-17)27-18-10-6-5-7-11-18;/h5-7,10-11,13-16,20H,3-4,8-9,12H2,1-2H3,(H,22,23,24);/q;+1/p-1/t20-;/m0./s1. The Morgan fingerprint density at radius 1 is 0.933 bits per heavy atom. The van der Waals surface area contributed by atoms with Gasteiger partial charge in [0, 0.05) is 0 Å². The van der Waals surface area contributed by atoms with Crippen LogP contribution in [0.5, 0.6) is 11.5 Å². The van der Waals surface area contributed by atoms with E-state index in [2.05, 4.69) is 0 Å². The van der Waals surface area contributed by atoms with Gasteiger partial charge in [-0.2, -0.15) is 0 Å². The second-order valence-electron chi connectivity index (χ2n) is 6.27. The van der Waals surface area contributed by atoms with Crippen molar-refractivity contribution in [3.05, 3.63) is 60.2 Å². The molecule has 0 unspecified atom stereocenters.